The van der Waals surface area contributed by atoms with E-state index in [4.69, 9.17) is 14.2 Å². The zero-order valence-electron chi connectivity index (χ0n) is 35.9. The minimum atomic E-state index is -0.803. The molecular formula is C50H80O6. The highest BCUT2D eigenvalue weighted by molar-refractivity contribution is 5.71. The third kappa shape index (κ3) is 41.5. The fourth-order valence-corrected chi connectivity index (χ4v) is 5.55. The van der Waals surface area contributed by atoms with Gasteiger partial charge in [0.05, 0.1) is 0 Å². The second-order valence-corrected chi connectivity index (χ2v) is 14.3. The van der Waals surface area contributed by atoms with Gasteiger partial charge in [-0.05, 0) is 83.5 Å². The summed E-state index contributed by atoms with van der Waals surface area (Å²) in [7, 11) is 0. The Morgan fingerprint density at radius 1 is 0.393 bits per heavy atom. The molecule has 0 aliphatic carbocycles. The van der Waals surface area contributed by atoms with Gasteiger partial charge in [0.25, 0.3) is 0 Å². The van der Waals surface area contributed by atoms with E-state index >= 15 is 0 Å². The molecule has 0 heterocycles. The average molecular weight is 777 g/mol. The first-order valence-corrected chi connectivity index (χ1v) is 22.3. The second-order valence-electron chi connectivity index (χ2n) is 14.3. The van der Waals surface area contributed by atoms with Crippen LogP contribution in [0, 0.1) is 0 Å². The zero-order valence-corrected chi connectivity index (χ0v) is 35.9. The fourth-order valence-electron chi connectivity index (χ4n) is 5.55. The number of hydrogen-bond donors (Lipinski definition) is 0. The van der Waals surface area contributed by atoms with E-state index in [1.807, 2.05) is 36.5 Å². The monoisotopic (exact) mass is 777 g/mol. The van der Waals surface area contributed by atoms with Crippen LogP contribution < -0.4 is 0 Å². The van der Waals surface area contributed by atoms with Gasteiger partial charge in [0.2, 0.25) is 0 Å². The lowest BCUT2D eigenvalue weighted by Gasteiger charge is -2.18. The molecule has 0 rings (SSSR count). The predicted molar refractivity (Wildman–Crippen MR) is 237 cm³/mol. The first-order valence-electron chi connectivity index (χ1n) is 22.3. The van der Waals surface area contributed by atoms with Crippen LogP contribution in [0.4, 0.5) is 0 Å². The summed E-state index contributed by atoms with van der Waals surface area (Å²) in [5.41, 5.74) is 0. The van der Waals surface area contributed by atoms with Crippen molar-refractivity contribution in [3.63, 3.8) is 0 Å². The van der Waals surface area contributed by atoms with Crippen LogP contribution in [0.2, 0.25) is 0 Å². The molecule has 0 aromatic rings. The Hall–Kier alpha value is -3.67. The highest BCUT2D eigenvalue weighted by Gasteiger charge is 2.19. The Morgan fingerprint density at radius 3 is 1.36 bits per heavy atom. The lowest BCUT2D eigenvalue weighted by Crippen LogP contribution is -2.30. The van der Waals surface area contributed by atoms with E-state index in [9.17, 15) is 14.4 Å². The minimum absolute atomic E-state index is 0.107. The van der Waals surface area contributed by atoms with Crippen molar-refractivity contribution < 1.29 is 28.6 Å². The number of ether oxygens (including phenoxy) is 3. The maximum absolute atomic E-state index is 12.7. The predicted octanol–water partition coefficient (Wildman–Crippen LogP) is 14.2. The SMILES string of the molecule is CC/C=C\C/C=C\CCCCC(=O)OCC(COC(=O)CCCCCCC\C=C/C=C\C=C/C=C\C=C/CCC)OC(=O)CCCCCCC/C=C\CCCC. The van der Waals surface area contributed by atoms with Gasteiger partial charge in [0.1, 0.15) is 13.2 Å². The number of unbranched alkanes of at least 4 members (excludes halogenated alkanes) is 15. The van der Waals surface area contributed by atoms with Crippen molar-refractivity contribution >= 4 is 17.9 Å². The van der Waals surface area contributed by atoms with Crippen molar-refractivity contribution in [1.29, 1.82) is 0 Å². The van der Waals surface area contributed by atoms with Crippen molar-refractivity contribution in [1.82, 2.24) is 0 Å². The van der Waals surface area contributed by atoms with Gasteiger partial charge in [0, 0.05) is 19.3 Å². The summed E-state index contributed by atoms with van der Waals surface area (Å²) in [6, 6.07) is 0. The molecule has 6 heteroatoms. The van der Waals surface area contributed by atoms with E-state index in [0.717, 1.165) is 109 Å². The van der Waals surface area contributed by atoms with Crippen LogP contribution >= 0.6 is 0 Å². The van der Waals surface area contributed by atoms with Crippen LogP contribution in [0.25, 0.3) is 0 Å². The molecule has 0 amide bonds. The van der Waals surface area contributed by atoms with Crippen LogP contribution in [-0.2, 0) is 28.6 Å². The summed E-state index contributed by atoms with van der Waals surface area (Å²) in [5, 5.41) is 0. The Labute approximate surface area is 343 Å². The van der Waals surface area contributed by atoms with E-state index < -0.39 is 6.10 Å². The van der Waals surface area contributed by atoms with Crippen LogP contribution in [0.15, 0.2) is 97.2 Å². The quantitative estimate of drug-likeness (QED) is 0.0204. The van der Waals surface area contributed by atoms with E-state index in [-0.39, 0.29) is 31.1 Å². The van der Waals surface area contributed by atoms with Gasteiger partial charge in [0.15, 0.2) is 6.10 Å². The Balaban J connectivity index is 4.45. The molecular weight excluding hydrogens is 697 g/mol. The van der Waals surface area contributed by atoms with Crippen LogP contribution in [0.3, 0.4) is 0 Å². The molecule has 0 aliphatic heterocycles. The molecule has 0 N–H and O–H groups in total. The molecule has 56 heavy (non-hydrogen) atoms. The van der Waals surface area contributed by atoms with Crippen LogP contribution in [-0.4, -0.2) is 37.2 Å². The Bertz CT molecular complexity index is 1170. The molecule has 0 saturated carbocycles. The molecule has 1 unspecified atom stereocenters. The van der Waals surface area contributed by atoms with E-state index in [2.05, 4.69) is 81.5 Å². The fraction of sp³-hybridized carbons (Fsp3) is 0.620. The third-order valence-electron chi connectivity index (χ3n) is 8.90. The summed E-state index contributed by atoms with van der Waals surface area (Å²) in [4.78, 5) is 37.6. The van der Waals surface area contributed by atoms with Gasteiger partial charge >= 0.3 is 17.9 Å². The molecule has 1 atom stereocenters. The highest BCUT2D eigenvalue weighted by atomic mass is 16.6. The van der Waals surface area contributed by atoms with Crippen molar-refractivity contribution in [2.24, 2.45) is 0 Å². The van der Waals surface area contributed by atoms with Gasteiger partial charge in [-0.2, -0.15) is 0 Å². The largest absolute Gasteiger partial charge is 0.462 e. The maximum atomic E-state index is 12.7. The van der Waals surface area contributed by atoms with Gasteiger partial charge in [-0.1, -0.05) is 176 Å². The molecule has 316 valence electrons. The van der Waals surface area contributed by atoms with Crippen molar-refractivity contribution in [2.45, 2.75) is 187 Å². The molecule has 6 nitrogen and oxygen atoms in total. The summed E-state index contributed by atoms with van der Waals surface area (Å²) >= 11 is 0. The Kier molecular flexibility index (Phi) is 41.2. The lowest BCUT2D eigenvalue weighted by molar-refractivity contribution is -0.167. The van der Waals surface area contributed by atoms with E-state index in [0.29, 0.717) is 19.3 Å². The smallest absolute Gasteiger partial charge is 0.306 e. The molecule has 0 aromatic heterocycles. The zero-order chi connectivity index (χ0) is 40.8. The first kappa shape index (κ1) is 52.3. The molecule has 0 radical (unpaired) electrons. The van der Waals surface area contributed by atoms with Gasteiger partial charge in [-0.15, -0.1) is 0 Å². The summed E-state index contributed by atoms with van der Waals surface area (Å²) in [6.45, 7) is 6.29. The number of esters is 3. The number of rotatable bonds is 38. The molecule has 0 spiro atoms. The van der Waals surface area contributed by atoms with E-state index in [1.165, 1.54) is 32.1 Å². The second kappa shape index (κ2) is 44.0. The van der Waals surface area contributed by atoms with Crippen molar-refractivity contribution in [3.05, 3.63) is 97.2 Å². The van der Waals surface area contributed by atoms with Crippen LogP contribution in [0.1, 0.15) is 181 Å². The minimum Gasteiger partial charge on any atom is -0.462 e. The average Bonchev–Trinajstić information content (AvgIpc) is 3.19. The number of allylic oxidation sites excluding steroid dienone is 16. The number of carbonyl (C=O) groups excluding carboxylic acids is 3. The highest BCUT2D eigenvalue weighted by Crippen LogP contribution is 2.12. The number of hydrogen-bond acceptors (Lipinski definition) is 6. The molecule has 0 bridgehead atoms. The third-order valence-corrected chi connectivity index (χ3v) is 8.90. The van der Waals surface area contributed by atoms with Gasteiger partial charge in [-0.25, -0.2) is 0 Å². The van der Waals surface area contributed by atoms with Gasteiger partial charge in [-0.3, -0.25) is 14.4 Å². The van der Waals surface area contributed by atoms with Crippen LogP contribution in [0.5, 0.6) is 0 Å². The maximum Gasteiger partial charge on any atom is 0.306 e. The van der Waals surface area contributed by atoms with E-state index in [1.54, 1.807) is 0 Å². The summed E-state index contributed by atoms with van der Waals surface area (Å²) in [6.07, 6.45) is 56.8. The van der Waals surface area contributed by atoms with Crippen molar-refractivity contribution in [3.8, 4) is 0 Å². The standard InChI is InChI=1S/C50H80O6/c1-4-7-10-13-16-19-21-22-23-24-25-26-27-29-31-34-37-40-43-49(52)55-46-47(45-54-48(51)42-39-36-33-30-18-15-12-9-6-3)56-50(53)44-41-38-35-32-28-20-17-14-11-8-5-2/h9-10,12-14,16-19,21-26,30,47H,4-8,11,15,20,27-29,31-46H2,1-3H3/b12-9-,13-10-,17-14-,19-16-,22-21-,24-23-,26-25-,30-18-. The lowest BCUT2D eigenvalue weighted by atomic mass is 10.1. The first-order chi connectivity index (χ1) is 27.5. The molecule has 0 saturated heterocycles. The summed E-state index contributed by atoms with van der Waals surface area (Å²) in [5.74, 6) is -0.989. The summed E-state index contributed by atoms with van der Waals surface area (Å²) < 4.78 is 16.6. The number of carbonyl (C=O) groups is 3. The Morgan fingerprint density at radius 2 is 0.804 bits per heavy atom. The molecule has 0 fully saturated rings. The van der Waals surface area contributed by atoms with Crippen molar-refractivity contribution in [2.75, 3.05) is 13.2 Å². The van der Waals surface area contributed by atoms with Gasteiger partial charge < -0.3 is 14.2 Å². The normalized spacial score (nSPS) is 13.0. The topological polar surface area (TPSA) is 78.9 Å². The molecule has 0 aliphatic rings. The molecule has 0 aromatic carbocycles.